The molecule has 3 aliphatic rings. The molecule has 4 nitrogen and oxygen atoms in total. The Kier molecular flexibility index (Phi) is 8.35. The third-order valence-corrected chi connectivity index (χ3v) is 7.99. The van der Waals surface area contributed by atoms with E-state index in [-0.39, 0.29) is 23.3 Å². The number of rotatable bonds is 5. The normalized spacial score (nSPS) is 18.6. The minimum Gasteiger partial charge on any atom is -0.495 e. The molecular weight excluding hydrogens is 587 g/mol. The van der Waals surface area contributed by atoms with Crippen molar-refractivity contribution in [2.75, 3.05) is 6.61 Å². The van der Waals surface area contributed by atoms with E-state index in [1.807, 2.05) is 6.92 Å². The topological polar surface area (TPSA) is 37.2 Å². The molecule has 2 aromatic rings. The minimum absolute atomic E-state index is 0.0643. The van der Waals surface area contributed by atoms with E-state index in [1.54, 1.807) is 26.3 Å². The predicted molar refractivity (Wildman–Crippen MR) is 155 cm³/mol. The second kappa shape index (κ2) is 11.7. The van der Waals surface area contributed by atoms with Gasteiger partial charge in [0.15, 0.2) is 11.6 Å². The van der Waals surface area contributed by atoms with Gasteiger partial charge in [-0.3, -0.25) is 10.0 Å². The molecule has 3 heterocycles. The number of ether oxygens (including phenoxy) is 1. The molecular formula is C33H30F7N3O. The highest BCUT2D eigenvalue weighted by Crippen LogP contribution is 2.41. The SMILES string of the molecule is CC1=C2C=NN(C(C)C3=CC(c4ccc(C(C)(F)F)cc4C(F)(F)F)=C(C)CCO3)C=C2N=C(c2cccc(F)c2F)CC1. The summed E-state index contributed by atoms with van der Waals surface area (Å²) < 4.78 is 105. The van der Waals surface area contributed by atoms with Crippen LogP contribution in [0.2, 0.25) is 0 Å². The van der Waals surface area contributed by atoms with Crippen LogP contribution in [0.3, 0.4) is 0 Å². The lowest BCUT2D eigenvalue weighted by Gasteiger charge is -2.28. The molecule has 0 aromatic heterocycles. The minimum atomic E-state index is -4.88. The standard InChI is InChI=1S/C33H30F7N3O/c1-18-8-11-28(23-6-5-7-27(34)31(23)35)42-29-17-43(41-16-25(18)29)20(3)30-15-24(19(2)12-13-44-30)22-10-9-21(32(4,36)37)14-26(22)33(38,39)40/h5-7,9-10,14-17,20H,8,11-13H2,1-4H3. The molecule has 0 spiro atoms. The Hall–Kier alpha value is -4.15. The molecule has 0 amide bonds. The predicted octanol–water partition coefficient (Wildman–Crippen LogP) is 9.30. The van der Waals surface area contributed by atoms with E-state index in [0.29, 0.717) is 55.0 Å². The van der Waals surface area contributed by atoms with Crippen molar-refractivity contribution in [3.05, 3.63) is 111 Å². The van der Waals surface area contributed by atoms with E-state index < -0.39 is 40.9 Å². The number of aliphatic imine (C=N–C) groups is 1. The zero-order valence-corrected chi connectivity index (χ0v) is 24.5. The zero-order valence-electron chi connectivity index (χ0n) is 24.5. The van der Waals surface area contributed by atoms with Crippen LogP contribution in [0.4, 0.5) is 30.7 Å². The van der Waals surface area contributed by atoms with Gasteiger partial charge in [0, 0.05) is 30.0 Å². The lowest BCUT2D eigenvalue weighted by molar-refractivity contribution is -0.138. The van der Waals surface area contributed by atoms with Crippen LogP contribution in [0.25, 0.3) is 5.57 Å². The van der Waals surface area contributed by atoms with Gasteiger partial charge in [-0.2, -0.15) is 18.3 Å². The molecule has 0 bridgehead atoms. The van der Waals surface area contributed by atoms with Crippen LogP contribution < -0.4 is 0 Å². The Bertz CT molecular complexity index is 1670. The zero-order chi connectivity index (χ0) is 32.0. The average molecular weight is 618 g/mol. The van der Waals surface area contributed by atoms with E-state index in [4.69, 9.17) is 4.74 Å². The van der Waals surface area contributed by atoms with Gasteiger partial charge in [0.1, 0.15) is 11.8 Å². The van der Waals surface area contributed by atoms with Crippen molar-refractivity contribution in [3.8, 4) is 0 Å². The van der Waals surface area contributed by atoms with Crippen molar-refractivity contribution in [2.45, 2.75) is 65.1 Å². The summed E-state index contributed by atoms with van der Waals surface area (Å²) in [5, 5.41) is 6.06. The molecule has 0 saturated heterocycles. The van der Waals surface area contributed by atoms with Crippen molar-refractivity contribution in [2.24, 2.45) is 10.1 Å². The summed E-state index contributed by atoms with van der Waals surface area (Å²) in [5.41, 5.74) is 1.30. The lowest BCUT2D eigenvalue weighted by atomic mass is 9.91. The Labute approximate surface area is 250 Å². The second-order valence-corrected chi connectivity index (χ2v) is 11.2. The molecule has 3 aliphatic heterocycles. The van der Waals surface area contributed by atoms with E-state index in [0.717, 1.165) is 29.3 Å². The summed E-state index contributed by atoms with van der Waals surface area (Å²) >= 11 is 0. The van der Waals surface area contributed by atoms with Crippen molar-refractivity contribution in [1.29, 1.82) is 0 Å². The van der Waals surface area contributed by atoms with Gasteiger partial charge in [-0.25, -0.2) is 17.6 Å². The average Bonchev–Trinajstić information content (AvgIpc) is 3.26. The number of alkyl halides is 5. The molecule has 0 N–H and O–H groups in total. The number of fused-ring (bicyclic) bond motifs is 1. The summed E-state index contributed by atoms with van der Waals surface area (Å²) in [7, 11) is 0. The van der Waals surface area contributed by atoms with Gasteiger partial charge in [0.05, 0.1) is 36.0 Å². The highest BCUT2D eigenvalue weighted by Gasteiger charge is 2.37. The van der Waals surface area contributed by atoms with Crippen LogP contribution in [0.5, 0.6) is 0 Å². The summed E-state index contributed by atoms with van der Waals surface area (Å²) in [6.07, 6.45) is 1.10. The summed E-state index contributed by atoms with van der Waals surface area (Å²) in [4.78, 5) is 4.68. The molecule has 232 valence electrons. The van der Waals surface area contributed by atoms with Gasteiger partial charge < -0.3 is 4.74 Å². The molecule has 0 saturated carbocycles. The maximum Gasteiger partial charge on any atom is 0.417 e. The number of hydrazone groups is 1. The third-order valence-electron chi connectivity index (χ3n) is 7.99. The Morgan fingerprint density at radius 2 is 1.64 bits per heavy atom. The molecule has 0 radical (unpaired) electrons. The largest absolute Gasteiger partial charge is 0.495 e. The van der Waals surface area contributed by atoms with E-state index in [9.17, 15) is 30.7 Å². The molecule has 2 aromatic carbocycles. The van der Waals surface area contributed by atoms with Crippen LogP contribution in [-0.4, -0.2) is 29.6 Å². The van der Waals surface area contributed by atoms with Gasteiger partial charge in [-0.15, -0.1) is 0 Å². The number of benzene rings is 2. The van der Waals surface area contributed by atoms with Gasteiger partial charge in [-0.1, -0.05) is 29.3 Å². The molecule has 11 heteroatoms. The molecule has 44 heavy (non-hydrogen) atoms. The number of halogens is 7. The van der Waals surface area contributed by atoms with Crippen molar-refractivity contribution in [3.63, 3.8) is 0 Å². The smallest absolute Gasteiger partial charge is 0.417 e. The first-order chi connectivity index (χ1) is 20.6. The van der Waals surface area contributed by atoms with E-state index in [2.05, 4.69) is 10.1 Å². The summed E-state index contributed by atoms with van der Waals surface area (Å²) in [6, 6.07) is 5.89. The van der Waals surface area contributed by atoms with Gasteiger partial charge in [0.25, 0.3) is 5.92 Å². The highest BCUT2D eigenvalue weighted by atomic mass is 19.4. The Morgan fingerprint density at radius 3 is 2.34 bits per heavy atom. The van der Waals surface area contributed by atoms with E-state index >= 15 is 0 Å². The fourth-order valence-electron chi connectivity index (χ4n) is 5.34. The van der Waals surface area contributed by atoms with Crippen LogP contribution in [0.15, 0.2) is 86.9 Å². The molecule has 0 aliphatic carbocycles. The maximum absolute atomic E-state index is 14.7. The summed E-state index contributed by atoms with van der Waals surface area (Å²) in [5.74, 6) is -5.10. The Morgan fingerprint density at radius 1 is 0.909 bits per heavy atom. The first-order valence-corrected chi connectivity index (χ1v) is 14.1. The second-order valence-electron chi connectivity index (χ2n) is 11.2. The van der Waals surface area contributed by atoms with Crippen LogP contribution in [0, 0.1) is 11.6 Å². The maximum atomic E-state index is 14.7. The third kappa shape index (κ3) is 6.23. The first kappa shape index (κ1) is 31.3. The van der Waals surface area contributed by atoms with Crippen molar-refractivity contribution in [1.82, 2.24) is 5.01 Å². The summed E-state index contributed by atoms with van der Waals surface area (Å²) in [6.45, 7) is 6.07. The van der Waals surface area contributed by atoms with Crippen LogP contribution >= 0.6 is 0 Å². The lowest BCUT2D eigenvalue weighted by Crippen LogP contribution is -2.29. The number of hydrogen-bond donors (Lipinski definition) is 0. The van der Waals surface area contributed by atoms with Crippen molar-refractivity contribution >= 4 is 17.5 Å². The van der Waals surface area contributed by atoms with Gasteiger partial charge >= 0.3 is 6.18 Å². The molecule has 0 fully saturated rings. The number of allylic oxidation sites excluding steroid dienone is 4. The number of hydrogen-bond acceptors (Lipinski definition) is 4. The highest BCUT2D eigenvalue weighted by molar-refractivity contribution is 6.03. The molecule has 1 unspecified atom stereocenters. The molecule has 5 rings (SSSR count). The quantitative estimate of drug-likeness (QED) is 0.314. The van der Waals surface area contributed by atoms with Gasteiger partial charge in [-0.05, 0) is 69.0 Å². The first-order valence-electron chi connectivity index (χ1n) is 14.1. The fourth-order valence-corrected chi connectivity index (χ4v) is 5.34. The number of nitrogens with zero attached hydrogens (tertiary/aromatic N) is 3. The van der Waals surface area contributed by atoms with Crippen LogP contribution in [-0.2, 0) is 16.8 Å². The van der Waals surface area contributed by atoms with Crippen molar-refractivity contribution < 1.29 is 35.5 Å². The Balaban J connectivity index is 1.54. The van der Waals surface area contributed by atoms with E-state index in [1.165, 1.54) is 23.2 Å². The monoisotopic (exact) mass is 617 g/mol. The van der Waals surface area contributed by atoms with Crippen LogP contribution in [0.1, 0.15) is 69.2 Å². The molecule has 1 atom stereocenters. The fraction of sp³-hybridized carbons (Fsp3) is 0.333. The van der Waals surface area contributed by atoms with Gasteiger partial charge in [0.2, 0.25) is 0 Å².